The average molecular weight is 663 g/mol. The molecule has 1 heterocycles. The molecule has 0 bridgehead atoms. The molecule has 4 nitrogen and oxygen atoms in total. The second-order valence-electron chi connectivity index (χ2n) is 10.9. The van der Waals surface area contributed by atoms with Gasteiger partial charge in [0.2, 0.25) is 0 Å². The number of halogens is 1. The Morgan fingerprint density at radius 2 is 1.74 bits per heavy atom. The van der Waals surface area contributed by atoms with Gasteiger partial charge in [0.15, 0.2) is 11.5 Å². The first kappa shape index (κ1) is 26.8. The lowest BCUT2D eigenvalue weighted by molar-refractivity contribution is 0.283. The SMILES string of the molecule is COc1cc(C=Nc2ccc([C@@H]3Nc4ccccc4[C@@H]4C=CC[C@@H]43)cc2)cc(I)c1OCc1cccc2ccccc12. The topological polar surface area (TPSA) is 42.8 Å². The molecule has 7 rings (SSSR count). The molecule has 0 fully saturated rings. The minimum absolute atomic E-state index is 0.283. The smallest absolute Gasteiger partial charge is 0.174 e. The predicted octanol–water partition coefficient (Wildman–Crippen LogP) is 9.61. The summed E-state index contributed by atoms with van der Waals surface area (Å²) in [6, 6.07) is 36.4. The highest BCUT2D eigenvalue weighted by molar-refractivity contribution is 14.1. The molecular formula is C37H31IN2O2. The monoisotopic (exact) mass is 662 g/mol. The summed E-state index contributed by atoms with van der Waals surface area (Å²) in [7, 11) is 1.68. The van der Waals surface area contributed by atoms with E-state index in [-0.39, 0.29) is 6.04 Å². The molecule has 5 aromatic carbocycles. The third-order valence-electron chi connectivity index (χ3n) is 8.39. The summed E-state index contributed by atoms with van der Waals surface area (Å²) in [6.45, 7) is 0.465. The van der Waals surface area contributed by atoms with Gasteiger partial charge in [-0.2, -0.15) is 0 Å². The van der Waals surface area contributed by atoms with Gasteiger partial charge in [0.1, 0.15) is 6.61 Å². The van der Waals surface area contributed by atoms with Crippen LogP contribution in [0, 0.1) is 9.49 Å². The molecular weight excluding hydrogens is 631 g/mol. The van der Waals surface area contributed by atoms with Crippen molar-refractivity contribution in [3.05, 3.63) is 141 Å². The first-order valence-electron chi connectivity index (χ1n) is 14.3. The van der Waals surface area contributed by atoms with Gasteiger partial charge in [0.05, 0.1) is 22.4 Å². The summed E-state index contributed by atoms with van der Waals surface area (Å²) in [6.07, 6.45) is 7.70. The van der Waals surface area contributed by atoms with E-state index < -0.39 is 0 Å². The number of fused-ring (bicyclic) bond motifs is 4. The lowest BCUT2D eigenvalue weighted by Gasteiger charge is -2.37. The first-order chi connectivity index (χ1) is 20.7. The molecule has 2 aliphatic rings. The Hall–Kier alpha value is -4.10. The number of benzene rings is 5. The van der Waals surface area contributed by atoms with Gasteiger partial charge in [-0.3, -0.25) is 4.99 Å². The van der Waals surface area contributed by atoms with Crippen molar-refractivity contribution in [1.82, 2.24) is 0 Å². The molecule has 0 unspecified atom stereocenters. The van der Waals surface area contributed by atoms with Gasteiger partial charge in [0, 0.05) is 17.8 Å². The number of ether oxygens (including phenoxy) is 2. The second kappa shape index (κ2) is 11.6. The number of methoxy groups -OCH3 is 1. The van der Waals surface area contributed by atoms with Crippen molar-refractivity contribution in [3.63, 3.8) is 0 Å². The maximum atomic E-state index is 6.31. The minimum Gasteiger partial charge on any atom is -0.493 e. The molecule has 5 aromatic rings. The third kappa shape index (κ3) is 5.18. The quantitative estimate of drug-likeness (QED) is 0.107. The molecule has 0 amide bonds. The minimum atomic E-state index is 0.283. The fraction of sp³-hybridized carbons (Fsp3) is 0.162. The van der Waals surface area contributed by atoms with Crippen molar-refractivity contribution in [1.29, 1.82) is 0 Å². The summed E-state index contributed by atoms with van der Waals surface area (Å²) < 4.78 is 13.0. The van der Waals surface area contributed by atoms with Gasteiger partial charge in [0.25, 0.3) is 0 Å². The van der Waals surface area contributed by atoms with Crippen LogP contribution in [0.3, 0.4) is 0 Å². The number of nitrogens with zero attached hydrogens (tertiary/aromatic N) is 1. The van der Waals surface area contributed by atoms with Crippen LogP contribution in [0.5, 0.6) is 11.5 Å². The van der Waals surface area contributed by atoms with Crippen LogP contribution < -0.4 is 14.8 Å². The van der Waals surface area contributed by atoms with Gasteiger partial charge in [-0.05, 0) is 98.3 Å². The van der Waals surface area contributed by atoms with Gasteiger partial charge >= 0.3 is 0 Å². The second-order valence-corrected chi connectivity index (χ2v) is 12.0. The van der Waals surface area contributed by atoms with E-state index in [1.807, 2.05) is 12.3 Å². The fourth-order valence-corrected chi connectivity index (χ4v) is 7.09. The van der Waals surface area contributed by atoms with Crippen LogP contribution in [0.4, 0.5) is 11.4 Å². The average Bonchev–Trinajstić information content (AvgIpc) is 3.53. The van der Waals surface area contributed by atoms with E-state index in [1.54, 1.807) is 7.11 Å². The summed E-state index contributed by atoms with van der Waals surface area (Å²) >= 11 is 2.31. The molecule has 0 radical (unpaired) electrons. The zero-order chi connectivity index (χ0) is 28.5. The van der Waals surface area contributed by atoms with Crippen LogP contribution in [0.15, 0.2) is 120 Å². The Bertz CT molecular complexity index is 1810. The molecule has 208 valence electrons. The summed E-state index contributed by atoms with van der Waals surface area (Å²) in [5.41, 5.74) is 6.97. The van der Waals surface area contributed by atoms with Crippen molar-refractivity contribution in [2.75, 3.05) is 12.4 Å². The molecule has 1 N–H and O–H groups in total. The number of aliphatic imine (C=N–C) groups is 1. The summed E-state index contributed by atoms with van der Waals surface area (Å²) in [5.74, 6) is 2.45. The maximum Gasteiger partial charge on any atom is 0.174 e. The Kier molecular flexibility index (Phi) is 7.43. The van der Waals surface area contributed by atoms with E-state index >= 15 is 0 Å². The fourth-order valence-electron chi connectivity index (χ4n) is 6.31. The van der Waals surface area contributed by atoms with Crippen molar-refractivity contribution in [2.24, 2.45) is 10.9 Å². The van der Waals surface area contributed by atoms with Crippen molar-refractivity contribution >= 4 is 51.0 Å². The van der Waals surface area contributed by atoms with Crippen molar-refractivity contribution < 1.29 is 9.47 Å². The largest absolute Gasteiger partial charge is 0.493 e. The lowest BCUT2D eigenvalue weighted by Crippen LogP contribution is -2.28. The molecule has 0 spiro atoms. The van der Waals surface area contributed by atoms with E-state index in [4.69, 9.17) is 14.5 Å². The Balaban J connectivity index is 1.07. The van der Waals surface area contributed by atoms with E-state index in [1.165, 1.54) is 27.6 Å². The molecule has 1 aliphatic heterocycles. The highest BCUT2D eigenvalue weighted by atomic mass is 127. The molecule has 0 aromatic heterocycles. The van der Waals surface area contributed by atoms with Crippen LogP contribution in [-0.2, 0) is 6.61 Å². The Morgan fingerprint density at radius 3 is 2.62 bits per heavy atom. The van der Waals surface area contributed by atoms with Crippen LogP contribution in [-0.4, -0.2) is 13.3 Å². The lowest BCUT2D eigenvalue weighted by atomic mass is 9.77. The van der Waals surface area contributed by atoms with E-state index in [0.29, 0.717) is 24.2 Å². The van der Waals surface area contributed by atoms with Crippen molar-refractivity contribution in [2.45, 2.75) is 25.0 Å². The van der Waals surface area contributed by atoms with Crippen LogP contribution in [0.2, 0.25) is 0 Å². The molecule has 3 atom stereocenters. The maximum absolute atomic E-state index is 6.31. The Labute approximate surface area is 260 Å². The number of allylic oxidation sites excluding steroid dienone is 2. The van der Waals surface area contributed by atoms with Crippen LogP contribution in [0.1, 0.15) is 40.6 Å². The predicted molar refractivity (Wildman–Crippen MR) is 180 cm³/mol. The van der Waals surface area contributed by atoms with Gasteiger partial charge in [-0.15, -0.1) is 0 Å². The van der Waals surface area contributed by atoms with Gasteiger partial charge in [-0.1, -0.05) is 84.9 Å². The molecule has 0 saturated carbocycles. The number of hydrogen-bond acceptors (Lipinski definition) is 4. The zero-order valence-corrected chi connectivity index (χ0v) is 25.5. The zero-order valence-electron chi connectivity index (χ0n) is 23.3. The molecule has 1 aliphatic carbocycles. The van der Waals surface area contributed by atoms with Crippen molar-refractivity contribution in [3.8, 4) is 11.5 Å². The van der Waals surface area contributed by atoms with Gasteiger partial charge in [-0.25, -0.2) is 0 Å². The number of rotatable bonds is 7. The first-order valence-corrected chi connectivity index (χ1v) is 15.4. The highest BCUT2D eigenvalue weighted by Crippen LogP contribution is 2.49. The van der Waals surface area contributed by atoms with E-state index in [2.05, 4.69) is 137 Å². The Morgan fingerprint density at radius 1 is 0.929 bits per heavy atom. The number of para-hydroxylation sites is 1. The number of nitrogens with one attached hydrogen (secondary N) is 1. The van der Waals surface area contributed by atoms with Crippen LogP contribution in [0.25, 0.3) is 10.8 Å². The normalized spacial score (nSPS) is 19.0. The van der Waals surface area contributed by atoms with E-state index in [9.17, 15) is 0 Å². The van der Waals surface area contributed by atoms with Gasteiger partial charge < -0.3 is 14.8 Å². The number of anilines is 1. The summed E-state index contributed by atoms with van der Waals surface area (Å²) in [4.78, 5) is 4.78. The highest BCUT2D eigenvalue weighted by Gasteiger charge is 2.37. The molecule has 5 heteroatoms. The standard InChI is InChI=1S/C37H31IN2O2/c1-41-35-21-24(20-33(38)37(35)42-23-27-10-6-9-25-8-2-3-11-29(25)27)22-39-28-18-16-26(17-19-28)36-32-14-7-13-30(32)31-12-4-5-15-34(31)40-36/h2-13,15-22,30,32,36,40H,14,23H2,1H3/t30-,32-,36-/m0/s1. The number of hydrogen-bond donors (Lipinski definition) is 1. The third-order valence-corrected chi connectivity index (χ3v) is 9.19. The molecule has 0 saturated heterocycles. The van der Waals surface area contributed by atoms with E-state index in [0.717, 1.165) is 32.6 Å². The summed E-state index contributed by atoms with van der Waals surface area (Å²) in [5, 5.41) is 6.22. The van der Waals surface area contributed by atoms with Crippen LogP contribution >= 0.6 is 22.6 Å². The molecule has 42 heavy (non-hydrogen) atoms.